The van der Waals surface area contributed by atoms with Crippen molar-refractivity contribution in [2.75, 3.05) is 0 Å². The monoisotopic (exact) mass is 336 g/mol. The third-order valence-electron chi connectivity index (χ3n) is 4.95. The van der Waals surface area contributed by atoms with Crippen molar-refractivity contribution in [2.24, 2.45) is 0 Å². The van der Waals surface area contributed by atoms with E-state index in [1.807, 2.05) is 6.07 Å². The number of benzene rings is 2. The number of nitrogens with zero attached hydrogens (tertiary/aromatic N) is 2. The second-order valence-corrected chi connectivity index (χ2v) is 7.07. The van der Waals surface area contributed by atoms with Gasteiger partial charge in [0.25, 0.3) is 0 Å². The molecule has 2 aromatic carbocycles. The highest BCUT2D eigenvalue weighted by Gasteiger charge is 2.31. The van der Waals surface area contributed by atoms with Gasteiger partial charge in [-0.3, -0.25) is 4.68 Å². The smallest absolute Gasteiger partial charge is 0.0959 e. The predicted octanol–water partition coefficient (Wildman–Crippen LogP) is 5.86. The topological polar surface area (TPSA) is 17.8 Å². The molecule has 1 heterocycles. The summed E-state index contributed by atoms with van der Waals surface area (Å²) in [5, 5.41) is 5.18. The first-order chi connectivity index (χ1) is 11.8. The summed E-state index contributed by atoms with van der Waals surface area (Å²) in [6.07, 6.45) is 3.34. The average Bonchev–Trinajstić information content (AvgIpc) is 3.19. The van der Waals surface area contributed by atoms with Gasteiger partial charge < -0.3 is 0 Å². The molecule has 24 heavy (non-hydrogen) atoms. The van der Waals surface area contributed by atoms with Gasteiger partial charge in [-0.1, -0.05) is 60.7 Å². The molecule has 0 aliphatic heterocycles. The minimum Gasteiger partial charge on any atom is -0.259 e. The molecular formula is C21H21ClN2. The fraction of sp³-hybridized carbons (Fsp3) is 0.286. The standard InChI is InChI=1S/C21H21ClN2/c1-15-20(16-9-4-2-5-10-16)23-24(19-14-8-13-18(19)22)21(15)17-11-6-3-7-12-17/h2-7,9-12,18-19H,8,13-14H2,1H3. The van der Waals surface area contributed by atoms with Crippen molar-refractivity contribution in [3.8, 4) is 22.5 Å². The summed E-state index contributed by atoms with van der Waals surface area (Å²) in [6.45, 7) is 2.17. The Bertz CT molecular complexity index is 824. The van der Waals surface area contributed by atoms with Crippen molar-refractivity contribution in [1.29, 1.82) is 0 Å². The quantitative estimate of drug-likeness (QED) is 0.548. The van der Waals surface area contributed by atoms with E-state index in [1.165, 1.54) is 23.2 Å². The lowest BCUT2D eigenvalue weighted by Gasteiger charge is -2.18. The van der Waals surface area contributed by atoms with Crippen molar-refractivity contribution in [3.63, 3.8) is 0 Å². The average molecular weight is 337 g/mol. The molecule has 0 radical (unpaired) electrons. The number of aromatic nitrogens is 2. The van der Waals surface area contributed by atoms with E-state index >= 15 is 0 Å². The highest BCUT2D eigenvalue weighted by molar-refractivity contribution is 6.21. The van der Waals surface area contributed by atoms with Crippen LogP contribution in [0.15, 0.2) is 60.7 Å². The molecule has 0 N–H and O–H groups in total. The molecule has 2 unspecified atom stereocenters. The van der Waals surface area contributed by atoms with Gasteiger partial charge in [0, 0.05) is 16.7 Å². The zero-order valence-electron chi connectivity index (χ0n) is 13.8. The summed E-state index contributed by atoms with van der Waals surface area (Å²) in [5.74, 6) is 0. The third-order valence-corrected chi connectivity index (χ3v) is 5.46. The molecule has 1 saturated carbocycles. The second kappa shape index (κ2) is 6.45. The third kappa shape index (κ3) is 2.65. The zero-order valence-corrected chi connectivity index (χ0v) is 14.6. The van der Waals surface area contributed by atoms with Crippen molar-refractivity contribution in [2.45, 2.75) is 37.6 Å². The molecule has 0 bridgehead atoms. The summed E-state index contributed by atoms with van der Waals surface area (Å²) in [4.78, 5) is 0. The molecular weight excluding hydrogens is 316 g/mol. The number of hydrogen-bond acceptors (Lipinski definition) is 1. The van der Waals surface area contributed by atoms with Crippen LogP contribution in [0.1, 0.15) is 30.9 Å². The Labute approximate surface area is 148 Å². The van der Waals surface area contributed by atoms with Gasteiger partial charge in [-0.15, -0.1) is 11.6 Å². The molecule has 2 nitrogen and oxygen atoms in total. The van der Waals surface area contributed by atoms with Gasteiger partial charge in [0.1, 0.15) is 0 Å². The largest absolute Gasteiger partial charge is 0.259 e. The zero-order chi connectivity index (χ0) is 16.5. The Morgan fingerprint density at radius 2 is 1.54 bits per heavy atom. The van der Waals surface area contributed by atoms with Crippen LogP contribution in [0.5, 0.6) is 0 Å². The summed E-state index contributed by atoms with van der Waals surface area (Å²) < 4.78 is 2.19. The van der Waals surface area contributed by atoms with Crippen LogP contribution in [-0.4, -0.2) is 15.2 Å². The Morgan fingerprint density at radius 3 is 2.12 bits per heavy atom. The van der Waals surface area contributed by atoms with E-state index in [2.05, 4.69) is 66.2 Å². The Kier molecular flexibility index (Phi) is 4.15. The van der Waals surface area contributed by atoms with Gasteiger partial charge >= 0.3 is 0 Å². The number of alkyl halides is 1. The van der Waals surface area contributed by atoms with E-state index in [0.29, 0.717) is 0 Å². The van der Waals surface area contributed by atoms with Crippen LogP contribution >= 0.6 is 11.6 Å². The molecule has 1 aromatic heterocycles. The summed E-state index contributed by atoms with van der Waals surface area (Å²) in [5.41, 5.74) is 5.86. The van der Waals surface area contributed by atoms with Crippen LogP contribution in [0.4, 0.5) is 0 Å². The first-order valence-corrected chi connectivity index (χ1v) is 9.03. The molecule has 0 saturated heterocycles. The molecule has 3 heteroatoms. The van der Waals surface area contributed by atoms with E-state index in [9.17, 15) is 0 Å². The molecule has 4 rings (SSSR count). The molecule has 1 fully saturated rings. The summed E-state index contributed by atoms with van der Waals surface area (Å²) >= 11 is 6.62. The minimum atomic E-state index is 0.162. The maximum absolute atomic E-state index is 6.62. The lowest BCUT2D eigenvalue weighted by molar-refractivity contribution is 0.477. The van der Waals surface area contributed by atoms with Crippen LogP contribution < -0.4 is 0 Å². The number of hydrogen-bond donors (Lipinski definition) is 0. The van der Waals surface area contributed by atoms with Crippen molar-refractivity contribution in [3.05, 3.63) is 66.2 Å². The van der Waals surface area contributed by atoms with Crippen LogP contribution in [0.3, 0.4) is 0 Å². The van der Waals surface area contributed by atoms with Crippen LogP contribution in [0, 0.1) is 6.92 Å². The number of halogens is 1. The SMILES string of the molecule is Cc1c(-c2ccccc2)nn(C2CCCC2Cl)c1-c1ccccc1. The molecule has 1 aliphatic carbocycles. The van der Waals surface area contributed by atoms with E-state index in [0.717, 1.165) is 24.1 Å². The first kappa shape index (κ1) is 15.5. The van der Waals surface area contributed by atoms with Crippen LogP contribution in [0.25, 0.3) is 22.5 Å². The van der Waals surface area contributed by atoms with Crippen LogP contribution in [-0.2, 0) is 0 Å². The normalized spacial score (nSPS) is 20.4. The molecule has 0 spiro atoms. The van der Waals surface area contributed by atoms with E-state index < -0.39 is 0 Å². The molecule has 2 atom stereocenters. The van der Waals surface area contributed by atoms with Gasteiger partial charge in [-0.25, -0.2) is 0 Å². The van der Waals surface area contributed by atoms with Gasteiger partial charge in [0.2, 0.25) is 0 Å². The molecule has 1 aliphatic rings. The highest BCUT2D eigenvalue weighted by atomic mass is 35.5. The fourth-order valence-corrected chi connectivity index (χ4v) is 4.13. The maximum atomic E-state index is 6.62. The van der Waals surface area contributed by atoms with E-state index in [1.54, 1.807) is 0 Å². The fourth-order valence-electron chi connectivity index (χ4n) is 3.74. The van der Waals surface area contributed by atoms with Gasteiger partial charge in [-0.05, 0) is 26.2 Å². The predicted molar refractivity (Wildman–Crippen MR) is 100 cm³/mol. The van der Waals surface area contributed by atoms with Crippen molar-refractivity contribution >= 4 is 11.6 Å². The van der Waals surface area contributed by atoms with Crippen molar-refractivity contribution in [1.82, 2.24) is 9.78 Å². The van der Waals surface area contributed by atoms with E-state index in [-0.39, 0.29) is 11.4 Å². The molecule has 122 valence electrons. The maximum Gasteiger partial charge on any atom is 0.0959 e. The Balaban J connectivity index is 1.91. The summed E-state index contributed by atoms with van der Waals surface area (Å²) in [7, 11) is 0. The van der Waals surface area contributed by atoms with Crippen molar-refractivity contribution < 1.29 is 0 Å². The highest BCUT2D eigenvalue weighted by Crippen LogP contribution is 2.40. The first-order valence-electron chi connectivity index (χ1n) is 8.59. The Hall–Kier alpha value is -2.06. The lowest BCUT2D eigenvalue weighted by atomic mass is 10.0. The van der Waals surface area contributed by atoms with Gasteiger partial charge in [0.05, 0.1) is 22.8 Å². The number of rotatable bonds is 3. The van der Waals surface area contributed by atoms with E-state index in [4.69, 9.17) is 16.7 Å². The lowest BCUT2D eigenvalue weighted by Crippen LogP contribution is -2.16. The van der Waals surface area contributed by atoms with Crippen LogP contribution in [0.2, 0.25) is 0 Å². The molecule has 0 amide bonds. The van der Waals surface area contributed by atoms with Gasteiger partial charge in [-0.2, -0.15) is 5.10 Å². The molecule has 3 aromatic rings. The minimum absolute atomic E-state index is 0.162. The summed E-state index contributed by atoms with van der Waals surface area (Å²) in [6, 6.07) is 21.2. The Morgan fingerprint density at radius 1 is 0.917 bits per heavy atom. The van der Waals surface area contributed by atoms with Gasteiger partial charge in [0.15, 0.2) is 0 Å². The second-order valence-electron chi connectivity index (χ2n) is 6.51.